The van der Waals surface area contributed by atoms with Crippen LogP contribution >= 0.6 is 0 Å². The number of hydrogen-bond donors (Lipinski definition) is 1. The molecule has 0 bridgehead atoms. The third-order valence-electron chi connectivity index (χ3n) is 2.63. The van der Waals surface area contributed by atoms with Crippen molar-refractivity contribution in [2.24, 2.45) is 11.7 Å². The Morgan fingerprint density at radius 3 is 2.38 bits per heavy atom. The minimum atomic E-state index is -0.911. The molecule has 1 unspecified atom stereocenters. The molecule has 86 valence electrons. The number of benzene rings is 1. The smallest absolute Gasteiger partial charge is 0.162 e. The average Bonchev–Trinajstić information content (AvgIpc) is 2.60. The standard InChI is InChI=1S/C12H13F2NO/c1-6(2)12(15)11-4-7-3-8(13)9(14)5-10(7)16-11/h3-6,12H,15H2,1-2H3. The van der Waals surface area contributed by atoms with Crippen LogP contribution in [0.25, 0.3) is 11.0 Å². The molecule has 16 heavy (non-hydrogen) atoms. The SMILES string of the molecule is CC(C)C(N)c1cc2cc(F)c(F)cc2o1. The first-order valence-corrected chi connectivity index (χ1v) is 5.13. The van der Waals surface area contributed by atoms with Crippen LogP contribution in [0, 0.1) is 17.6 Å². The summed E-state index contributed by atoms with van der Waals surface area (Å²) < 4.78 is 31.3. The molecule has 1 aromatic carbocycles. The van der Waals surface area contributed by atoms with Crippen LogP contribution in [0.1, 0.15) is 25.6 Å². The Balaban J connectivity index is 2.52. The van der Waals surface area contributed by atoms with Crippen molar-refractivity contribution < 1.29 is 13.2 Å². The molecule has 2 rings (SSSR count). The fraction of sp³-hybridized carbons (Fsp3) is 0.333. The minimum Gasteiger partial charge on any atom is -0.459 e. The van der Waals surface area contributed by atoms with E-state index in [-0.39, 0.29) is 12.0 Å². The number of hydrogen-bond acceptors (Lipinski definition) is 2. The van der Waals surface area contributed by atoms with E-state index >= 15 is 0 Å². The maximum atomic E-state index is 13.0. The highest BCUT2D eigenvalue weighted by molar-refractivity contribution is 5.78. The summed E-state index contributed by atoms with van der Waals surface area (Å²) in [7, 11) is 0. The third-order valence-corrected chi connectivity index (χ3v) is 2.63. The fourth-order valence-electron chi connectivity index (χ4n) is 1.55. The lowest BCUT2D eigenvalue weighted by atomic mass is 10.0. The molecular weight excluding hydrogens is 212 g/mol. The Bertz CT molecular complexity index is 480. The summed E-state index contributed by atoms with van der Waals surface area (Å²) in [5.41, 5.74) is 6.22. The molecule has 0 aliphatic carbocycles. The predicted molar refractivity (Wildman–Crippen MR) is 57.9 cm³/mol. The van der Waals surface area contributed by atoms with Crippen molar-refractivity contribution in [3.63, 3.8) is 0 Å². The van der Waals surface area contributed by atoms with Gasteiger partial charge < -0.3 is 10.2 Å². The van der Waals surface area contributed by atoms with Crippen LogP contribution in [0.3, 0.4) is 0 Å². The molecule has 2 nitrogen and oxygen atoms in total. The summed E-state index contributed by atoms with van der Waals surface area (Å²) >= 11 is 0. The highest BCUT2D eigenvalue weighted by Crippen LogP contribution is 2.27. The number of rotatable bonds is 2. The number of halogens is 2. The molecule has 0 aliphatic rings. The molecule has 0 radical (unpaired) electrons. The molecule has 0 saturated carbocycles. The second-order valence-corrected chi connectivity index (χ2v) is 4.22. The average molecular weight is 225 g/mol. The van der Waals surface area contributed by atoms with Gasteiger partial charge >= 0.3 is 0 Å². The summed E-state index contributed by atoms with van der Waals surface area (Å²) in [6.45, 7) is 3.91. The largest absolute Gasteiger partial charge is 0.459 e. The highest BCUT2D eigenvalue weighted by atomic mass is 19.2. The Morgan fingerprint density at radius 1 is 1.12 bits per heavy atom. The molecule has 0 spiro atoms. The highest BCUT2D eigenvalue weighted by Gasteiger charge is 2.16. The third kappa shape index (κ3) is 1.80. The number of furan rings is 1. The fourth-order valence-corrected chi connectivity index (χ4v) is 1.55. The van der Waals surface area contributed by atoms with E-state index in [4.69, 9.17) is 10.2 Å². The van der Waals surface area contributed by atoms with Crippen LogP contribution in [0.15, 0.2) is 22.6 Å². The van der Waals surface area contributed by atoms with E-state index in [0.29, 0.717) is 16.7 Å². The van der Waals surface area contributed by atoms with Crippen molar-refractivity contribution in [1.82, 2.24) is 0 Å². The molecule has 1 aromatic heterocycles. The Labute approximate surface area is 92.0 Å². The van der Waals surface area contributed by atoms with E-state index in [2.05, 4.69) is 0 Å². The zero-order chi connectivity index (χ0) is 11.9. The van der Waals surface area contributed by atoms with Gasteiger partial charge in [0.1, 0.15) is 11.3 Å². The number of fused-ring (bicyclic) bond motifs is 1. The molecule has 0 amide bonds. The molecule has 2 N–H and O–H groups in total. The molecule has 2 aromatic rings. The summed E-state index contributed by atoms with van der Waals surface area (Å²) in [6, 6.07) is 3.55. The van der Waals surface area contributed by atoms with Crippen molar-refractivity contribution >= 4 is 11.0 Å². The van der Waals surface area contributed by atoms with Crippen molar-refractivity contribution in [3.8, 4) is 0 Å². The van der Waals surface area contributed by atoms with Gasteiger partial charge in [0.15, 0.2) is 11.6 Å². The van der Waals surface area contributed by atoms with Crippen LogP contribution in [-0.2, 0) is 0 Å². The Morgan fingerprint density at radius 2 is 1.75 bits per heavy atom. The molecule has 0 aliphatic heterocycles. The van der Waals surface area contributed by atoms with Crippen molar-refractivity contribution in [2.45, 2.75) is 19.9 Å². The quantitative estimate of drug-likeness (QED) is 0.851. The van der Waals surface area contributed by atoms with Gasteiger partial charge in [-0.05, 0) is 18.1 Å². The van der Waals surface area contributed by atoms with Crippen LogP contribution < -0.4 is 5.73 Å². The van der Waals surface area contributed by atoms with E-state index in [1.165, 1.54) is 0 Å². The van der Waals surface area contributed by atoms with Gasteiger partial charge in [-0.1, -0.05) is 13.8 Å². The van der Waals surface area contributed by atoms with Crippen LogP contribution in [0.2, 0.25) is 0 Å². The molecular formula is C12H13F2NO. The second-order valence-electron chi connectivity index (χ2n) is 4.22. The van der Waals surface area contributed by atoms with E-state index in [0.717, 1.165) is 12.1 Å². The summed E-state index contributed by atoms with van der Waals surface area (Å²) in [6.07, 6.45) is 0. The van der Waals surface area contributed by atoms with Gasteiger partial charge in [-0.2, -0.15) is 0 Å². The van der Waals surface area contributed by atoms with Gasteiger partial charge in [0, 0.05) is 11.5 Å². The topological polar surface area (TPSA) is 39.2 Å². The van der Waals surface area contributed by atoms with Gasteiger partial charge in [-0.3, -0.25) is 0 Å². The summed E-state index contributed by atoms with van der Waals surface area (Å²) in [5, 5.41) is 0.532. The van der Waals surface area contributed by atoms with Gasteiger partial charge in [0.25, 0.3) is 0 Å². The van der Waals surface area contributed by atoms with Gasteiger partial charge in [0.2, 0.25) is 0 Å². The van der Waals surface area contributed by atoms with Crippen molar-refractivity contribution in [3.05, 3.63) is 35.6 Å². The van der Waals surface area contributed by atoms with Crippen LogP contribution in [0.4, 0.5) is 8.78 Å². The zero-order valence-corrected chi connectivity index (χ0v) is 9.13. The van der Waals surface area contributed by atoms with E-state index in [1.807, 2.05) is 13.8 Å². The monoisotopic (exact) mass is 225 g/mol. The molecule has 4 heteroatoms. The normalized spacial score (nSPS) is 13.6. The first-order valence-electron chi connectivity index (χ1n) is 5.13. The van der Waals surface area contributed by atoms with Gasteiger partial charge in [-0.15, -0.1) is 0 Å². The Hall–Kier alpha value is -1.42. The van der Waals surface area contributed by atoms with E-state index in [9.17, 15) is 8.78 Å². The van der Waals surface area contributed by atoms with E-state index in [1.54, 1.807) is 6.07 Å². The molecule has 1 atom stereocenters. The van der Waals surface area contributed by atoms with Gasteiger partial charge in [-0.25, -0.2) is 8.78 Å². The van der Waals surface area contributed by atoms with Crippen molar-refractivity contribution in [1.29, 1.82) is 0 Å². The van der Waals surface area contributed by atoms with Gasteiger partial charge in [0.05, 0.1) is 6.04 Å². The molecule has 1 heterocycles. The zero-order valence-electron chi connectivity index (χ0n) is 9.13. The van der Waals surface area contributed by atoms with Crippen LogP contribution in [0.5, 0.6) is 0 Å². The molecule has 0 fully saturated rings. The lowest BCUT2D eigenvalue weighted by molar-refractivity contribution is 0.417. The summed E-state index contributed by atoms with van der Waals surface area (Å²) in [5.74, 6) is -1.03. The van der Waals surface area contributed by atoms with Crippen LogP contribution in [-0.4, -0.2) is 0 Å². The first-order chi connectivity index (χ1) is 7.49. The summed E-state index contributed by atoms with van der Waals surface area (Å²) in [4.78, 5) is 0. The lowest BCUT2D eigenvalue weighted by Gasteiger charge is -2.11. The lowest BCUT2D eigenvalue weighted by Crippen LogP contribution is -2.15. The van der Waals surface area contributed by atoms with Crippen molar-refractivity contribution in [2.75, 3.05) is 0 Å². The first kappa shape index (κ1) is 11.1. The molecule has 0 saturated heterocycles. The predicted octanol–water partition coefficient (Wildman–Crippen LogP) is 3.37. The number of nitrogens with two attached hydrogens (primary N) is 1. The maximum absolute atomic E-state index is 13.0. The maximum Gasteiger partial charge on any atom is 0.162 e. The Kier molecular flexibility index (Phi) is 2.68. The second kappa shape index (κ2) is 3.87. The minimum absolute atomic E-state index is 0.204. The van der Waals surface area contributed by atoms with E-state index < -0.39 is 11.6 Å².